The molecule has 1 amide bonds. The van der Waals surface area contributed by atoms with Gasteiger partial charge in [0.1, 0.15) is 11.3 Å². The van der Waals surface area contributed by atoms with Crippen LogP contribution in [-0.2, 0) is 5.54 Å². The Morgan fingerprint density at radius 1 is 0.841 bits per heavy atom. The van der Waals surface area contributed by atoms with Crippen LogP contribution in [0.5, 0.6) is 5.75 Å². The van der Waals surface area contributed by atoms with Crippen molar-refractivity contribution >= 4 is 22.9 Å². The first kappa shape index (κ1) is 28.6. The van der Waals surface area contributed by atoms with Gasteiger partial charge in [-0.1, -0.05) is 128 Å². The molecule has 44 heavy (non-hydrogen) atoms. The lowest BCUT2D eigenvalue weighted by Gasteiger charge is -2.37. The zero-order valence-electron chi connectivity index (χ0n) is 24.4. The zero-order chi connectivity index (χ0) is 30.5. The van der Waals surface area contributed by atoms with Gasteiger partial charge in [-0.2, -0.15) is 5.10 Å². The first-order chi connectivity index (χ1) is 21.6. The molecule has 0 aliphatic carbocycles. The summed E-state index contributed by atoms with van der Waals surface area (Å²) in [6.45, 7) is 3.83. The molecule has 1 atom stereocenters. The Balaban J connectivity index is 1.61. The van der Waals surface area contributed by atoms with Crippen LogP contribution in [-0.4, -0.2) is 34.5 Å². The minimum Gasteiger partial charge on any atom is -0.495 e. The third kappa shape index (κ3) is 4.85. The summed E-state index contributed by atoms with van der Waals surface area (Å²) in [5.41, 5.74) is 4.69. The minimum absolute atomic E-state index is 0.246. The number of fused-ring (bicyclic) bond motifs is 1. The van der Waals surface area contributed by atoms with Crippen LogP contribution in [0.1, 0.15) is 44.3 Å². The van der Waals surface area contributed by atoms with Crippen molar-refractivity contribution in [3.05, 3.63) is 174 Å². The second-order valence-corrected chi connectivity index (χ2v) is 10.5. The average molecular weight is 580 g/mol. The number of nitrogens with zero attached hydrogens (tertiary/aromatic N) is 2. The van der Waals surface area contributed by atoms with E-state index in [-0.39, 0.29) is 12.5 Å². The molecule has 0 aliphatic rings. The summed E-state index contributed by atoms with van der Waals surface area (Å²) in [7, 11) is 1.55. The fourth-order valence-corrected chi connectivity index (χ4v) is 6.06. The van der Waals surface area contributed by atoms with Gasteiger partial charge in [-0.15, -0.1) is 0 Å². The molecular weight excluding hydrogens is 546 g/mol. The number of aliphatic hydroxyl groups excluding tert-OH is 1. The van der Waals surface area contributed by atoms with Crippen molar-refractivity contribution in [2.45, 2.75) is 11.6 Å². The van der Waals surface area contributed by atoms with Crippen molar-refractivity contribution in [1.82, 2.24) is 15.1 Å². The lowest BCUT2D eigenvalue weighted by atomic mass is 9.77. The normalized spacial score (nSPS) is 12.0. The first-order valence-electron chi connectivity index (χ1n) is 14.5. The smallest absolute Gasteiger partial charge is 0.255 e. The van der Waals surface area contributed by atoms with Gasteiger partial charge < -0.3 is 15.2 Å². The summed E-state index contributed by atoms with van der Waals surface area (Å²) >= 11 is 0. The van der Waals surface area contributed by atoms with Crippen molar-refractivity contribution in [1.29, 1.82) is 0 Å². The van der Waals surface area contributed by atoms with Gasteiger partial charge in [0.2, 0.25) is 0 Å². The maximum Gasteiger partial charge on any atom is 0.255 e. The molecule has 6 nitrogen and oxygen atoms in total. The highest BCUT2D eigenvalue weighted by molar-refractivity contribution is 6.05. The van der Waals surface area contributed by atoms with Crippen molar-refractivity contribution in [2.24, 2.45) is 0 Å². The molecule has 1 heterocycles. The fourth-order valence-electron chi connectivity index (χ4n) is 6.06. The van der Waals surface area contributed by atoms with E-state index in [1.54, 1.807) is 19.3 Å². The van der Waals surface area contributed by atoms with Crippen molar-refractivity contribution in [3.8, 4) is 5.75 Å². The standard InChI is InChI=1S/C38H33N3O3/c1-3-32-35-34(25-24-31(36(35)44-2)37(43)39-33(26-42)27-16-8-4-9-17-27)41(40-32)38(28-18-10-5-11-19-28,29-20-12-6-13-21-29)30-22-14-7-15-23-30/h3-25,33,42H,1,26H2,2H3,(H,39,43)/t33-/m1/s1. The molecule has 0 unspecified atom stereocenters. The van der Waals surface area contributed by atoms with Gasteiger partial charge in [0.05, 0.1) is 41.9 Å². The molecule has 0 spiro atoms. The maximum absolute atomic E-state index is 13.7. The molecule has 0 saturated heterocycles. The Bertz CT molecular complexity index is 1790. The number of ether oxygens (including phenoxy) is 1. The van der Waals surface area contributed by atoms with E-state index in [0.29, 0.717) is 22.4 Å². The number of hydrogen-bond donors (Lipinski definition) is 2. The summed E-state index contributed by atoms with van der Waals surface area (Å²) in [6, 6.07) is 43.3. The Morgan fingerprint density at radius 3 is 1.80 bits per heavy atom. The topological polar surface area (TPSA) is 76.4 Å². The van der Waals surface area contributed by atoms with Gasteiger partial charge in [-0.05, 0) is 40.5 Å². The van der Waals surface area contributed by atoms with Gasteiger partial charge in [0.15, 0.2) is 0 Å². The number of nitrogens with one attached hydrogen (secondary N) is 1. The zero-order valence-corrected chi connectivity index (χ0v) is 24.4. The van der Waals surface area contributed by atoms with Crippen molar-refractivity contribution in [3.63, 3.8) is 0 Å². The van der Waals surface area contributed by atoms with Crippen molar-refractivity contribution in [2.75, 3.05) is 13.7 Å². The molecular formula is C38H33N3O3. The largest absolute Gasteiger partial charge is 0.495 e. The van der Waals surface area contributed by atoms with Crippen LogP contribution < -0.4 is 10.1 Å². The van der Waals surface area contributed by atoms with Gasteiger partial charge in [-0.3, -0.25) is 4.79 Å². The Morgan fingerprint density at radius 2 is 1.34 bits per heavy atom. The van der Waals surface area contributed by atoms with E-state index in [2.05, 4.69) is 48.3 Å². The quantitative estimate of drug-likeness (QED) is 0.172. The number of benzene rings is 5. The Labute approximate surface area is 256 Å². The third-order valence-electron chi connectivity index (χ3n) is 8.05. The van der Waals surface area contributed by atoms with Crippen LogP contribution in [0.2, 0.25) is 0 Å². The Kier molecular flexibility index (Phi) is 8.08. The Hall–Kier alpha value is -5.46. The summed E-state index contributed by atoms with van der Waals surface area (Å²) in [5, 5.41) is 18.9. The summed E-state index contributed by atoms with van der Waals surface area (Å²) in [6.07, 6.45) is 1.69. The van der Waals surface area contributed by atoms with Crippen LogP contribution in [0.4, 0.5) is 0 Å². The van der Waals surface area contributed by atoms with E-state index >= 15 is 0 Å². The summed E-state index contributed by atoms with van der Waals surface area (Å²) < 4.78 is 7.98. The van der Waals surface area contributed by atoms with Crippen LogP contribution >= 0.6 is 0 Å². The first-order valence-corrected chi connectivity index (χ1v) is 14.5. The van der Waals surface area contributed by atoms with Crippen LogP contribution in [0.3, 0.4) is 0 Å². The second kappa shape index (κ2) is 12.4. The predicted molar refractivity (Wildman–Crippen MR) is 175 cm³/mol. The van der Waals surface area contributed by atoms with E-state index in [1.807, 2.05) is 95.7 Å². The van der Waals surface area contributed by atoms with E-state index in [1.165, 1.54) is 0 Å². The van der Waals surface area contributed by atoms with Gasteiger partial charge in [0.25, 0.3) is 5.91 Å². The highest BCUT2D eigenvalue weighted by atomic mass is 16.5. The molecule has 0 saturated carbocycles. The van der Waals surface area contributed by atoms with E-state index < -0.39 is 11.6 Å². The van der Waals surface area contributed by atoms with Gasteiger partial charge >= 0.3 is 0 Å². The van der Waals surface area contributed by atoms with Crippen molar-refractivity contribution < 1.29 is 14.6 Å². The minimum atomic E-state index is -0.868. The van der Waals surface area contributed by atoms with Crippen LogP contribution in [0, 0.1) is 0 Å². The maximum atomic E-state index is 13.7. The fraction of sp³-hybridized carbons (Fsp3) is 0.105. The molecule has 1 aromatic heterocycles. The molecule has 2 N–H and O–H groups in total. The third-order valence-corrected chi connectivity index (χ3v) is 8.05. The molecule has 6 rings (SSSR count). The summed E-state index contributed by atoms with van der Waals surface area (Å²) in [5.74, 6) is 0.0174. The highest BCUT2D eigenvalue weighted by Crippen LogP contribution is 2.44. The number of carbonyl (C=O) groups excluding carboxylic acids is 1. The number of rotatable bonds is 10. The second-order valence-electron chi connectivity index (χ2n) is 10.5. The lowest BCUT2D eigenvalue weighted by molar-refractivity contribution is 0.0913. The summed E-state index contributed by atoms with van der Waals surface area (Å²) in [4.78, 5) is 13.7. The highest BCUT2D eigenvalue weighted by Gasteiger charge is 2.41. The van der Waals surface area contributed by atoms with E-state index in [9.17, 15) is 9.90 Å². The SMILES string of the molecule is C=Cc1nn(C(c2ccccc2)(c2ccccc2)c2ccccc2)c2ccc(C(=O)N[C@H](CO)c3ccccc3)c(OC)c12. The van der Waals surface area contributed by atoms with E-state index in [0.717, 1.165) is 27.8 Å². The number of amides is 1. The van der Waals surface area contributed by atoms with Crippen LogP contribution in [0.15, 0.2) is 140 Å². The molecule has 6 aromatic rings. The predicted octanol–water partition coefficient (Wildman–Crippen LogP) is 6.99. The molecule has 0 radical (unpaired) electrons. The van der Waals surface area contributed by atoms with E-state index in [4.69, 9.17) is 9.84 Å². The number of aliphatic hydroxyl groups is 1. The number of aromatic nitrogens is 2. The molecule has 5 aromatic carbocycles. The number of methoxy groups -OCH3 is 1. The van der Waals surface area contributed by atoms with Gasteiger partial charge in [0, 0.05) is 0 Å². The lowest BCUT2D eigenvalue weighted by Crippen LogP contribution is -2.38. The molecule has 6 heteroatoms. The van der Waals surface area contributed by atoms with Gasteiger partial charge in [-0.25, -0.2) is 4.68 Å². The van der Waals surface area contributed by atoms with Crippen LogP contribution in [0.25, 0.3) is 17.0 Å². The number of hydrogen-bond acceptors (Lipinski definition) is 4. The average Bonchev–Trinajstić information content (AvgIpc) is 3.48. The monoisotopic (exact) mass is 579 g/mol. The number of carbonyl (C=O) groups is 1. The molecule has 0 aliphatic heterocycles. The molecule has 0 fully saturated rings. The molecule has 0 bridgehead atoms. The molecule has 218 valence electrons.